The lowest BCUT2D eigenvalue weighted by atomic mass is 9.80. The maximum Gasteiger partial charge on any atom is 0.104 e. The van der Waals surface area contributed by atoms with Crippen LogP contribution in [0, 0.1) is 5.92 Å². The first-order chi connectivity index (χ1) is 26.6. The topological polar surface area (TPSA) is 27.3 Å². The van der Waals surface area contributed by atoms with Gasteiger partial charge in [-0.3, -0.25) is 5.32 Å². The van der Waals surface area contributed by atoms with Crippen molar-refractivity contribution in [1.29, 1.82) is 0 Å². The molecule has 2 aliphatic heterocycles. The molecule has 3 heteroatoms. The minimum absolute atomic E-state index is 0.0341. The van der Waals surface area contributed by atoms with E-state index >= 15 is 0 Å². The molecule has 4 aliphatic rings. The Labute approximate surface area is 316 Å². The van der Waals surface area contributed by atoms with Crippen LogP contribution in [0.1, 0.15) is 48.7 Å². The smallest absolute Gasteiger partial charge is 0.104 e. The zero-order valence-electron chi connectivity index (χ0n) is 30.3. The number of rotatable bonds is 4. The van der Waals surface area contributed by atoms with Gasteiger partial charge in [0.05, 0.1) is 11.2 Å². The fraction of sp³-hybridized carbons (Fsp3) is 0.137. The molecule has 0 spiro atoms. The predicted molar refractivity (Wildman–Crippen MR) is 225 cm³/mol. The molecule has 4 unspecified atom stereocenters. The molecule has 2 aliphatic carbocycles. The molecule has 54 heavy (non-hydrogen) atoms. The molecular formula is C51H41N3. The molecule has 0 saturated carbocycles. The summed E-state index contributed by atoms with van der Waals surface area (Å²) in [5.41, 5.74) is 11.5. The second-order valence-corrected chi connectivity index (χ2v) is 15.5. The SMILES string of the molecule is CC12CC=c3ccccc3=C1c1c(ccc3ccccc13)N2c1ccc2c(C3NC4=CC=CCC4C(c4ccc(-c5ccccc5)cc4)N3)cccc2c1. The summed E-state index contributed by atoms with van der Waals surface area (Å²) in [4.78, 5) is 2.62. The first-order valence-electron chi connectivity index (χ1n) is 19.3. The van der Waals surface area contributed by atoms with Crippen LogP contribution < -0.4 is 26.0 Å². The molecule has 0 bridgehead atoms. The largest absolute Gasteiger partial charge is 0.369 e. The summed E-state index contributed by atoms with van der Waals surface area (Å²) in [5, 5.41) is 15.8. The number of nitrogens with zero attached hydrogens (tertiary/aromatic N) is 1. The van der Waals surface area contributed by atoms with E-state index in [1.165, 1.54) is 82.4 Å². The van der Waals surface area contributed by atoms with Gasteiger partial charge in [-0.1, -0.05) is 152 Å². The molecule has 2 heterocycles. The van der Waals surface area contributed by atoms with Gasteiger partial charge in [0.25, 0.3) is 0 Å². The first kappa shape index (κ1) is 31.4. The lowest BCUT2D eigenvalue weighted by Crippen LogP contribution is -2.47. The molecule has 3 nitrogen and oxygen atoms in total. The van der Waals surface area contributed by atoms with Crippen LogP contribution in [0.3, 0.4) is 0 Å². The summed E-state index contributed by atoms with van der Waals surface area (Å²) in [7, 11) is 0. The Balaban J connectivity index is 1.00. The molecule has 1 fully saturated rings. The third-order valence-electron chi connectivity index (χ3n) is 12.5. The molecule has 260 valence electrons. The molecule has 4 atom stereocenters. The average molecular weight is 696 g/mol. The highest BCUT2D eigenvalue weighted by molar-refractivity contribution is 6.08. The van der Waals surface area contributed by atoms with Crippen LogP contribution in [0.4, 0.5) is 11.4 Å². The van der Waals surface area contributed by atoms with Gasteiger partial charge in [0, 0.05) is 28.9 Å². The van der Waals surface area contributed by atoms with Crippen LogP contribution in [-0.4, -0.2) is 5.54 Å². The minimum Gasteiger partial charge on any atom is -0.369 e. The number of anilines is 2. The molecule has 7 aromatic carbocycles. The van der Waals surface area contributed by atoms with Gasteiger partial charge in [0.1, 0.15) is 6.17 Å². The number of allylic oxidation sites excluding steroid dienone is 3. The van der Waals surface area contributed by atoms with Crippen molar-refractivity contribution in [1.82, 2.24) is 10.6 Å². The molecule has 0 aromatic heterocycles. The van der Waals surface area contributed by atoms with E-state index in [0.29, 0.717) is 5.92 Å². The summed E-state index contributed by atoms with van der Waals surface area (Å²) >= 11 is 0. The van der Waals surface area contributed by atoms with Crippen molar-refractivity contribution >= 4 is 44.6 Å². The number of benzene rings is 7. The van der Waals surface area contributed by atoms with Crippen LogP contribution in [0.25, 0.3) is 44.3 Å². The van der Waals surface area contributed by atoms with Gasteiger partial charge in [0.15, 0.2) is 0 Å². The van der Waals surface area contributed by atoms with Crippen LogP contribution in [0.15, 0.2) is 176 Å². The normalized spacial score (nSPS) is 22.5. The number of nitrogens with one attached hydrogen (secondary N) is 2. The van der Waals surface area contributed by atoms with E-state index in [0.717, 1.165) is 12.8 Å². The fourth-order valence-electron chi connectivity index (χ4n) is 9.93. The molecule has 0 amide bonds. The maximum absolute atomic E-state index is 4.09. The Morgan fingerprint density at radius 1 is 0.685 bits per heavy atom. The van der Waals surface area contributed by atoms with Crippen LogP contribution in [0.2, 0.25) is 0 Å². The lowest BCUT2D eigenvalue weighted by molar-refractivity contribution is 0.269. The van der Waals surface area contributed by atoms with Crippen LogP contribution in [-0.2, 0) is 0 Å². The van der Waals surface area contributed by atoms with E-state index in [-0.39, 0.29) is 17.7 Å². The highest BCUT2D eigenvalue weighted by Gasteiger charge is 2.46. The number of fused-ring (bicyclic) bond motifs is 8. The van der Waals surface area contributed by atoms with Gasteiger partial charge in [-0.05, 0) is 104 Å². The zero-order chi connectivity index (χ0) is 35.8. The highest BCUT2D eigenvalue weighted by Crippen LogP contribution is 2.54. The summed E-state index contributed by atoms with van der Waals surface area (Å²) in [6.07, 6.45) is 11.1. The Bertz CT molecular complexity index is 2810. The van der Waals surface area contributed by atoms with E-state index in [2.05, 4.69) is 198 Å². The predicted octanol–water partition coefficient (Wildman–Crippen LogP) is 10.3. The summed E-state index contributed by atoms with van der Waals surface area (Å²) in [6.45, 7) is 2.44. The van der Waals surface area contributed by atoms with Gasteiger partial charge in [-0.25, -0.2) is 0 Å². The lowest BCUT2D eigenvalue weighted by Gasteiger charge is -2.42. The Morgan fingerprint density at radius 2 is 1.48 bits per heavy atom. The van der Waals surface area contributed by atoms with Crippen molar-refractivity contribution in [3.8, 4) is 11.1 Å². The molecule has 11 rings (SSSR count). The zero-order valence-corrected chi connectivity index (χ0v) is 30.3. The van der Waals surface area contributed by atoms with Crippen LogP contribution >= 0.6 is 0 Å². The van der Waals surface area contributed by atoms with E-state index in [9.17, 15) is 0 Å². The number of hydrogen-bond donors (Lipinski definition) is 2. The fourth-order valence-corrected chi connectivity index (χ4v) is 9.93. The molecule has 0 radical (unpaired) electrons. The van der Waals surface area contributed by atoms with Gasteiger partial charge in [0.2, 0.25) is 0 Å². The third kappa shape index (κ3) is 4.78. The number of hydrogen-bond acceptors (Lipinski definition) is 3. The van der Waals surface area contributed by atoms with Crippen molar-refractivity contribution in [3.63, 3.8) is 0 Å². The summed E-state index contributed by atoms with van der Waals surface area (Å²) < 4.78 is 0. The van der Waals surface area contributed by atoms with Crippen molar-refractivity contribution in [3.05, 3.63) is 203 Å². The first-order valence-corrected chi connectivity index (χ1v) is 19.3. The third-order valence-corrected chi connectivity index (χ3v) is 12.5. The van der Waals surface area contributed by atoms with Gasteiger partial charge < -0.3 is 10.2 Å². The Hall–Kier alpha value is -6.16. The van der Waals surface area contributed by atoms with Crippen LogP contribution in [0.5, 0.6) is 0 Å². The van der Waals surface area contributed by atoms with Crippen molar-refractivity contribution in [2.45, 2.75) is 37.5 Å². The van der Waals surface area contributed by atoms with Gasteiger partial charge >= 0.3 is 0 Å². The minimum atomic E-state index is -0.224. The van der Waals surface area contributed by atoms with Gasteiger partial charge in [-0.15, -0.1) is 0 Å². The monoisotopic (exact) mass is 695 g/mol. The average Bonchev–Trinajstić information content (AvgIpc) is 3.52. The quantitative estimate of drug-likeness (QED) is 0.192. The van der Waals surface area contributed by atoms with E-state index in [4.69, 9.17) is 0 Å². The second kappa shape index (κ2) is 12.2. The summed E-state index contributed by atoms with van der Waals surface area (Å²) in [6, 6.07) is 56.4. The molecular weight excluding hydrogens is 655 g/mol. The molecule has 1 saturated heterocycles. The maximum atomic E-state index is 4.09. The van der Waals surface area contributed by atoms with E-state index in [1.807, 2.05) is 0 Å². The van der Waals surface area contributed by atoms with E-state index in [1.54, 1.807) is 0 Å². The second-order valence-electron chi connectivity index (χ2n) is 15.5. The van der Waals surface area contributed by atoms with Crippen molar-refractivity contribution < 1.29 is 0 Å². The van der Waals surface area contributed by atoms with Crippen molar-refractivity contribution in [2.75, 3.05) is 4.90 Å². The van der Waals surface area contributed by atoms with E-state index < -0.39 is 0 Å². The highest BCUT2D eigenvalue weighted by atomic mass is 15.2. The standard InChI is InChI=1S/C51H41N3/c1-51-31-30-36-15-6-8-18-42(36)48(51)47-41-17-7-5-14-35(41)26-29-46(47)54(51)39-27-28-40-38(32-39)16-11-20-43(40)50-52-45-21-10-9-19-44(45)49(53-50)37-24-22-34(23-25-37)33-12-3-2-4-13-33/h2-18,20-30,32,44,49-50,52-53H,19,31H2,1H3. The molecule has 2 N–H and O–H groups in total. The van der Waals surface area contributed by atoms with Gasteiger partial charge in [-0.2, -0.15) is 0 Å². The van der Waals surface area contributed by atoms with Crippen molar-refractivity contribution in [2.24, 2.45) is 5.92 Å². The Kier molecular flexibility index (Phi) is 7.09. The Morgan fingerprint density at radius 3 is 2.39 bits per heavy atom. The summed E-state index contributed by atoms with van der Waals surface area (Å²) in [5.74, 6) is 0.352. The molecule has 7 aromatic rings.